The first-order chi connectivity index (χ1) is 11.0. The minimum Gasteiger partial charge on any atom is -0.325 e. The van der Waals surface area contributed by atoms with Crippen molar-refractivity contribution < 1.29 is 9.18 Å². The molecule has 1 amide bonds. The van der Waals surface area contributed by atoms with Crippen molar-refractivity contribution in [3.05, 3.63) is 52.2 Å². The summed E-state index contributed by atoms with van der Waals surface area (Å²) in [7, 11) is 0. The van der Waals surface area contributed by atoms with Gasteiger partial charge < -0.3 is 10.3 Å². The summed E-state index contributed by atoms with van der Waals surface area (Å²) < 4.78 is 12.8. The molecule has 0 aliphatic rings. The van der Waals surface area contributed by atoms with Crippen molar-refractivity contribution >= 4 is 23.4 Å². The van der Waals surface area contributed by atoms with Crippen LogP contribution in [0.1, 0.15) is 26.0 Å². The molecule has 0 bridgehead atoms. The Hall–Kier alpha value is -2.15. The van der Waals surface area contributed by atoms with Gasteiger partial charge in [-0.3, -0.25) is 9.59 Å². The van der Waals surface area contributed by atoms with Crippen LogP contribution in [0.15, 0.2) is 40.3 Å². The Bertz CT molecular complexity index is 731. The number of H-pyrrole nitrogens is 1. The van der Waals surface area contributed by atoms with Gasteiger partial charge in [0.2, 0.25) is 5.91 Å². The van der Waals surface area contributed by atoms with Crippen molar-refractivity contribution in [2.45, 2.75) is 37.1 Å². The van der Waals surface area contributed by atoms with E-state index in [0.717, 1.165) is 6.42 Å². The number of thioether (sulfide) groups is 1. The maximum Gasteiger partial charge on any atom is 0.251 e. The van der Waals surface area contributed by atoms with Gasteiger partial charge in [-0.15, -0.1) is 0 Å². The molecular weight excluding hydrogens is 317 g/mol. The number of halogens is 1. The van der Waals surface area contributed by atoms with Gasteiger partial charge in [-0.1, -0.05) is 25.1 Å². The van der Waals surface area contributed by atoms with Gasteiger partial charge in [0.1, 0.15) is 5.82 Å². The van der Waals surface area contributed by atoms with Crippen LogP contribution in [0.4, 0.5) is 10.1 Å². The Morgan fingerprint density at radius 3 is 2.74 bits per heavy atom. The fraction of sp³-hybridized carbons (Fsp3) is 0.312. The van der Waals surface area contributed by atoms with Gasteiger partial charge in [-0.2, -0.15) is 0 Å². The Morgan fingerprint density at radius 2 is 2.09 bits per heavy atom. The Labute approximate surface area is 137 Å². The molecule has 7 heteroatoms. The molecule has 0 spiro atoms. The van der Waals surface area contributed by atoms with Crippen LogP contribution in [0.5, 0.6) is 0 Å². The molecule has 1 atom stereocenters. The number of nitrogens with zero attached hydrogens (tertiary/aromatic N) is 1. The maximum atomic E-state index is 12.8. The topological polar surface area (TPSA) is 74.8 Å². The van der Waals surface area contributed by atoms with Gasteiger partial charge in [0.15, 0.2) is 5.16 Å². The second-order valence-corrected chi connectivity index (χ2v) is 6.38. The average Bonchev–Trinajstić information content (AvgIpc) is 2.49. The van der Waals surface area contributed by atoms with Crippen LogP contribution in [0, 0.1) is 5.82 Å². The van der Waals surface area contributed by atoms with Crippen LogP contribution in [-0.4, -0.2) is 21.1 Å². The number of carbonyl (C=O) groups is 1. The van der Waals surface area contributed by atoms with E-state index in [1.807, 2.05) is 6.92 Å². The molecule has 0 aliphatic carbocycles. The van der Waals surface area contributed by atoms with Crippen molar-refractivity contribution in [1.29, 1.82) is 0 Å². The summed E-state index contributed by atoms with van der Waals surface area (Å²) in [5.41, 5.74) is 1.01. The Morgan fingerprint density at radius 1 is 1.39 bits per heavy atom. The minimum absolute atomic E-state index is 0.225. The van der Waals surface area contributed by atoms with Gasteiger partial charge in [-0.05, 0) is 37.6 Å². The van der Waals surface area contributed by atoms with E-state index in [1.165, 1.54) is 42.1 Å². The monoisotopic (exact) mass is 335 g/mol. The number of aromatic nitrogens is 2. The van der Waals surface area contributed by atoms with E-state index in [4.69, 9.17) is 0 Å². The third-order valence-electron chi connectivity index (χ3n) is 3.05. The molecule has 5 nitrogen and oxygen atoms in total. The van der Waals surface area contributed by atoms with Crippen molar-refractivity contribution in [3.63, 3.8) is 0 Å². The maximum absolute atomic E-state index is 12.8. The first-order valence-electron chi connectivity index (χ1n) is 7.31. The molecular formula is C16H18FN3O2S. The third kappa shape index (κ3) is 5.21. The van der Waals surface area contributed by atoms with Crippen molar-refractivity contribution in [2.24, 2.45) is 0 Å². The summed E-state index contributed by atoms with van der Waals surface area (Å²) in [5.74, 6) is -0.606. The number of benzene rings is 1. The van der Waals surface area contributed by atoms with Gasteiger partial charge in [0.25, 0.3) is 5.56 Å². The lowest BCUT2D eigenvalue weighted by Gasteiger charge is -2.11. The van der Waals surface area contributed by atoms with Crippen LogP contribution < -0.4 is 10.9 Å². The lowest BCUT2D eigenvalue weighted by Crippen LogP contribution is -2.23. The van der Waals surface area contributed by atoms with Gasteiger partial charge in [0, 0.05) is 17.4 Å². The predicted octanol–water partition coefficient (Wildman–Crippen LogP) is 2.98. The number of aryl methyl sites for hydroxylation is 1. The van der Waals surface area contributed by atoms with Crippen LogP contribution in [-0.2, 0) is 11.2 Å². The number of aromatic amines is 1. The van der Waals surface area contributed by atoms with Gasteiger partial charge in [-0.25, -0.2) is 9.37 Å². The Balaban J connectivity index is 2.03. The second kappa shape index (κ2) is 7.92. The van der Waals surface area contributed by atoms with Gasteiger partial charge >= 0.3 is 0 Å². The fourth-order valence-corrected chi connectivity index (χ4v) is 2.75. The third-order valence-corrected chi connectivity index (χ3v) is 4.03. The lowest BCUT2D eigenvalue weighted by atomic mass is 10.2. The Kier molecular flexibility index (Phi) is 5.92. The van der Waals surface area contributed by atoms with E-state index in [2.05, 4.69) is 15.3 Å². The van der Waals surface area contributed by atoms with E-state index in [0.29, 0.717) is 23.0 Å². The zero-order valence-corrected chi connectivity index (χ0v) is 13.7. The highest BCUT2D eigenvalue weighted by atomic mass is 32.2. The van der Waals surface area contributed by atoms with E-state index < -0.39 is 5.25 Å². The van der Waals surface area contributed by atoms with E-state index >= 15 is 0 Å². The standard InChI is InChI=1S/C16H18FN3O2S/c1-3-4-13-9-14(21)20-16(19-13)23-10(2)15(22)18-12-7-5-11(17)6-8-12/h5-10H,3-4H2,1-2H3,(H,18,22)(H,19,20,21)/t10-/m0/s1. The van der Waals surface area contributed by atoms with Crippen LogP contribution in [0.3, 0.4) is 0 Å². The summed E-state index contributed by atoms with van der Waals surface area (Å²) in [5, 5.41) is 2.66. The summed E-state index contributed by atoms with van der Waals surface area (Å²) in [6.07, 6.45) is 1.61. The van der Waals surface area contributed by atoms with E-state index in [1.54, 1.807) is 6.92 Å². The molecule has 2 aromatic rings. The number of rotatable bonds is 6. The molecule has 0 fully saturated rings. The highest BCUT2D eigenvalue weighted by Gasteiger charge is 2.16. The summed E-state index contributed by atoms with van der Waals surface area (Å²) in [6, 6.07) is 7.01. The number of anilines is 1. The highest BCUT2D eigenvalue weighted by Crippen LogP contribution is 2.20. The molecule has 1 aromatic heterocycles. The lowest BCUT2D eigenvalue weighted by molar-refractivity contribution is -0.115. The SMILES string of the molecule is CCCc1cc(=O)[nH]c(S[C@@H](C)C(=O)Nc2ccc(F)cc2)n1. The van der Waals surface area contributed by atoms with E-state index in [-0.39, 0.29) is 17.3 Å². The number of nitrogens with one attached hydrogen (secondary N) is 2. The first kappa shape index (κ1) is 17.2. The summed E-state index contributed by atoms with van der Waals surface area (Å²) in [6.45, 7) is 3.73. The zero-order chi connectivity index (χ0) is 16.8. The molecule has 0 aliphatic heterocycles. The molecule has 0 saturated carbocycles. The molecule has 23 heavy (non-hydrogen) atoms. The largest absolute Gasteiger partial charge is 0.325 e. The molecule has 2 rings (SSSR count). The molecule has 1 heterocycles. The first-order valence-corrected chi connectivity index (χ1v) is 8.19. The molecule has 0 unspecified atom stereocenters. The predicted molar refractivity (Wildman–Crippen MR) is 89.2 cm³/mol. The molecule has 1 aromatic carbocycles. The highest BCUT2D eigenvalue weighted by molar-refractivity contribution is 8.00. The number of hydrogen-bond acceptors (Lipinski definition) is 4. The molecule has 2 N–H and O–H groups in total. The zero-order valence-electron chi connectivity index (χ0n) is 12.9. The number of amides is 1. The van der Waals surface area contributed by atoms with Crippen LogP contribution in [0.25, 0.3) is 0 Å². The normalized spacial score (nSPS) is 12.0. The minimum atomic E-state index is -0.458. The molecule has 0 radical (unpaired) electrons. The van der Waals surface area contributed by atoms with Crippen molar-refractivity contribution in [2.75, 3.05) is 5.32 Å². The average molecular weight is 335 g/mol. The van der Waals surface area contributed by atoms with Crippen molar-refractivity contribution in [1.82, 2.24) is 9.97 Å². The van der Waals surface area contributed by atoms with Crippen molar-refractivity contribution in [3.8, 4) is 0 Å². The number of carbonyl (C=O) groups excluding carboxylic acids is 1. The van der Waals surface area contributed by atoms with Crippen LogP contribution >= 0.6 is 11.8 Å². The second-order valence-electron chi connectivity index (χ2n) is 5.05. The molecule has 122 valence electrons. The van der Waals surface area contributed by atoms with E-state index in [9.17, 15) is 14.0 Å². The summed E-state index contributed by atoms with van der Waals surface area (Å²) >= 11 is 1.18. The summed E-state index contributed by atoms with van der Waals surface area (Å²) in [4.78, 5) is 30.7. The molecule has 0 saturated heterocycles. The van der Waals surface area contributed by atoms with Crippen LogP contribution in [0.2, 0.25) is 0 Å². The quantitative estimate of drug-likeness (QED) is 0.629. The van der Waals surface area contributed by atoms with Gasteiger partial charge in [0.05, 0.1) is 5.25 Å². The smallest absolute Gasteiger partial charge is 0.251 e. The number of hydrogen-bond donors (Lipinski definition) is 2. The fourth-order valence-electron chi connectivity index (χ4n) is 1.92.